The Hall–Kier alpha value is -2.93. The molecule has 4 heterocycles. The summed E-state index contributed by atoms with van der Waals surface area (Å²) in [6.45, 7) is 5.91. The summed E-state index contributed by atoms with van der Waals surface area (Å²) in [4.78, 5) is 30.6. The van der Waals surface area contributed by atoms with Crippen LogP contribution in [0.5, 0.6) is 11.6 Å². The van der Waals surface area contributed by atoms with Crippen LogP contribution in [0.3, 0.4) is 0 Å². The number of ether oxygens (including phenoxy) is 1. The highest BCUT2D eigenvalue weighted by atomic mass is 16.5. The van der Waals surface area contributed by atoms with Gasteiger partial charge in [-0.2, -0.15) is 4.98 Å². The van der Waals surface area contributed by atoms with Crippen LogP contribution in [0.25, 0.3) is 0 Å². The van der Waals surface area contributed by atoms with E-state index in [0.717, 1.165) is 25.9 Å². The van der Waals surface area contributed by atoms with E-state index in [1.54, 1.807) is 42.5 Å². The molecular formula is C22H26N4O3. The van der Waals surface area contributed by atoms with E-state index in [2.05, 4.69) is 27.4 Å². The minimum atomic E-state index is -0.192. The van der Waals surface area contributed by atoms with Crippen molar-refractivity contribution in [2.24, 2.45) is 5.92 Å². The third-order valence-electron chi connectivity index (χ3n) is 5.84. The molecule has 1 aromatic carbocycles. The number of fused-ring (bicyclic) bond motifs is 3. The van der Waals surface area contributed by atoms with E-state index in [0.29, 0.717) is 35.0 Å². The number of amides is 2. The first-order chi connectivity index (χ1) is 14.0. The van der Waals surface area contributed by atoms with Gasteiger partial charge in [-0.3, -0.25) is 14.5 Å². The molecule has 3 aliphatic rings. The average molecular weight is 394 g/mol. The molecule has 29 heavy (non-hydrogen) atoms. The normalized spacial score (nSPS) is 25.3. The average Bonchev–Trinajstić information content (AvgIpc) is 2.71. The van der Waals surface area contributed by atoms with E-state index in [-0.39, 0.29) is 17.9 Å². The minimum Gasteiger partial charge on any atom is -0.439 e. The molecule has 1 aromatic heterocycles. The fourth-order valence-electron chi connectivity index (χ4n) is 4.30. The van der Waals surface area contributed by atoms with Crippen LogP contribution in [0, 0.1) is 5.92 Å². The summed E-state index contributed by atoms with van der Waals surface area (Å²) < 4.78 is 5.74. The van der Waals surface area contributed by atoms with Crippen LogP contribution in [-0.2, 0) is 4.79 Å². The van der Waals surface area contributed by atoms with E-state index in [1.165, 1.54) is 6.92 Å². The van der Waals surface area contributed by atoms with Crippen LogP contribution < -0.4 is 15.4 Å². The van der Waals surface area contributed by atoms with Gasteiger partial charge in [-0.15, -0.1) is 0 Å². The SMILES string of the molecule is CC(=O)Nc1cccc(Oc2ccc(C(=O)N[C@@H]3C4CCN(CC4)[C@H]3C)cc2)n1. The fraction of sp³-hybridized carbons (Fsp3) is 0.409. The molecule has 2 N–H and O–H groups in total. The Balaban J connectivity index is 1.39. The van der Waals surface area contributed by atoms with Crippen LogP contribution >= 0.6 is 0 Å². The summed E-state index contributed by atoms with van der Waals surface area (Å²) in [5, 5.41) is 5.86. The number of nitrogens with zero attached hydrogens (tertiary/aromatic N) is 2. The topological polar surface area (TPSA) is 83.6 Å². The molecule has 3 aliphatic heterocycles. The van der Waals surface area contributed by atoms with Crippen LogP contribution in [0.15, 0.2) is 42.5 Å². The fourth-order valence-corrected chi connectivity index (χ4v) is 4.30. The standard InChI is InChI=1S/C22H26N4O3/c1-14-21(16-10-12-26(14)13-11-16)25-22(28)17-6-8-18(9-7-17)29-20-5-3-4-19(24-20)23-15(2)27/h3-9,14,16,21H,10-13H2,1-2H3,(H,25,28)(H,23,24,27)/t14-,21-/m0/s1. The van der Waals surface area contributed by atoms with Crippen molar-refractivity contribution in [2.45, 2.75) is 38.8 Å². The molecule has 3 saturated heterocycles. The molecule has 0 spiro atoms. The quantitative estimate of drug-likeness (QED) is 0.814. The predicted molar refractivity (Wildman–Crippen MR) is 110 cm³/mol. The smallest absolute Gasteiger partial charge is 0.251 e. The minimum absolute atomic E-state index is 0.0482. The Morgan fingerprint density at radius 1 is 1.10 bits per heavy atom. The monoisotopic (exact) mass is 394 g/mol. The Kier molecular flexibility index (Phi) is 5.49. The summed E-state index contributed by atoms with van der Waals surface area (Å²) in [5.74, 6) is 1.70. The zero-order chi connectivity index (χ0) is 20.4. The maximum absolute atomic E-state index is 12.7. The molecule has 0 saturated carbocycles. The van der Waals surface area contributed by atoms with E-state index < -0.39 is 0 Å². The van der Waals surface area contributed by atoms with Crippen molar-refractivity contribution in [3.63, 3.8) is 0 Å². The molecule has 2 bridgehead atoms. The van der Waals surface area contributed by atoms with Crippen molar-refractivity contribution in [3.8, 4) is 11.6 Å². The van der Waals surface area contributed by atoms with Gasteiger partial charge in [-0.1, -0.05) is 6.07 Å². The van der Waals surface area contributed by atoms with Gasteiger partial charge in [0.1, 0.15) is 11.6 Å². The number of benzene rings is 1. The highest BCUT2D eigenvalue weighted by Gasteiger charge is 2.40. The van der Waals surface area contributed by atoms with Crippen LogP contribution in [0.2, 0.25) is 0 Å². The van der Waals surface area contributed by atoms with Crippen LogP contribution in [-0.4, -0.2) is 46.9 Å². The van der Waals surface area contributed by atoms with Gasteiger partial charge in [0.2, 0.25) is 11.8 Å². The lowest BCUT2D eigenvalue weighted by Gasteiger charge is -2.49. The van der Waals surface area contributed by atoms with E-state index >= 15 is 0 Å². The molecule has 2 amide bonds. The lowest BCUT2D eigenvalue weighted by Crippen LogP contribution is -2.62. The van der Waals surface area contributed by atoms with E-state index in [1.807, 2.05) is 0 Å². The van der Waals surface area contributed by atoms with Crippen molar-refractivity contribution in [2.75, 3.05) is 18.4 Å². The first-order valence-corrected chi connectivity index (χ1v) is 10.1. The summed E-state index contributed by atoms with van der Waals surface area (Å²) >= 11 is 0. The largest absolute Gasteiger partial charge is 0.439 e. The molecule has 7 nitrogen and oxygen atoms in total. The van der Waals surface area contributed by atoms with E-state index in [9.17, 15) is 9.59 Å². The number of anilines is 1. The van der Waals surface area contributed by atoms with Gasteiger partial charge in [0, 0.05) is 30.6 Å². The van der Waals surface area contributed by atoms with Gasteiger partial charge in [-0.05, 0) is 69.1 Å². The molecule has 3 fully saturated rings. The number of hydrogen-bond acceptors (Lipinski definition) is 5. The Labute approximate surface area is 170 Å². The van der Waals surface area contributed by atoms with E-state index in [4.69, 9.17) is 4.74 Å². The summed E-state index contributed by atoms with van der Waals surface area (Å²) in [7, 11) is 0. The summed E-state index contributed by atoms with van der Waals surface area (Å²) in [5.41, 5.74) is 0.612. The first-order valence-electron chi connectivity index (χ1n) is 10.1. The summed E-state index contributed by atoms with van der Waals surface area (Å²) in [6.07, 6.45) is 2.32. The van der Waals surface area contributed by atoms with Crippen LogP contribution in [0.4, 0.5) is 5.82 Å². The third kappa shape index (κ3) is 4.40. The molecule has 2 atom stereocenters. The molecule has 152 valence electrons. The molecular weight excluding hydrogens is 368 g/mol. The van der Waals surface area contributed by atoms with Crippen LogP contribution in [0.1, 0.15) is 37.0 Å². The first kappa shape index (κ1) is 19.4. The molecule has 0 radical (unpaired) electrons. The third-order valence-corrected chi connectivity index (χ3v) is 5.84. The van der Waals surface area contributed by atoms with Crippen molar-refractivity contribution in [1.82, 2.24) is 15.2 Å². The van der Waals surface area contributed by atoms with Gasteiger partial charge in [0.25, 0.3) is 5.91 Å². The number of aromatic nitrogens is 1. The number of hydrogen-bond donors (Lipinski definition) is 2. The maximum Gasteiger partial charge on any atom is 0.251 e. The zero-order valence-electron chi connectivity index (χ0n) is 16.7. The van der Waals surface area contributed by atoms with Gasteiger partial charge in [0.15, 0.2) is 0 Å². The number of nitrogens with one attached hydrogen (secondary N) is 2. The number of pyridine rings is 1. The van der Waals surface area contributed by atoms with Gasteiger partial charge < -0.3 is 15.4 Å². The Morgan fingerprint density at radius 3 is 2.48 bits per heavy atom. The van der Waals surface area contributed by atoms with Gasteiger partial charge in [-0.25, -0.2) is 0 Å². The second-order valence-electron chi connectivity index (χ2n) is 7.78. The lowest BCUT2D eigenvalue weighted by atomic mass is 9.79. The highest BCUT2D eigenvalue weighted by molar-refractivity contribution is 5.94. The zero-order valence-corrected chi connectivity index (χ0v) is 16.7. The maximum atomic E-state index is 12.7. The molecule has 5 rings (SSSR count). The number of carbonyl (C=O) groups excluding carboxylic acids is 2. The second-order valence-corrected chi connectivity index (χ2v) is 7.78. The van der Waals surface area contributed by atoms with Crippen molar-refractivity contribution < 1.29 is 14.3 Å². The predicted octanol–water partition coefficient (Wildman–Crippen LogP) is 3.04. The molecule has 2 aromatic rings. The Morgan fingerprint density at radius 2 is 1.83 bits per heavy atom. The molecule has 0 unspecified atom stereocenters. The number of rotatable bonds is 5. The molecule has 7 heteroatoms. The second kappa shape index (κ2) is 8.21. The lowest BCUT2D eigenvalue weighted by molar-refractivity contribution is -0.114. The number of carbonyl (C=O) groups is 2. The molecule has 0 aliphatic carbocycles. The van der Waals surface area contributed by atoms with Gasteiger partial charge >= 0.3 is 0 Å². The highest BCUT2D eigenvalue weighted by Crippen LogP contribution is 2.32. The van der Waals surface area contributed by atoms with Gasteiger partial charge in [0.05, 0.1) is 0 Å². The van der Waals surface area contributed by atoms with Crippen molar-refractivity contribution >= 4 is 17.6 Å². The summed E-state index contributed by atoms with van der Waals surface area (Å²) in [6, 6.07) is 12.8. The van der Waals surface area contributed by atoms with Crippen molar-refractivity contribution in [3.05, 3.63) is 48.0 Å². The number of piperidine rings is 3. The van der Waals surface area contributed by atoms with Crippen molar-refractivity contribution in [1.29, 1.82) is 0 Å². The Bertz CT molecular complexity index is 889.